The molecule has 3 aromatic rings. The van der Waals surface area contributed by atoms with E-state index in [1.807, 2.05) is 24.3 Å². The Labute approximate surface area is 284 Å². The third-order valence-electron chi connectivity index (χ3n) is 9.54. The van der Waals surface area contributed by atoms with Crippen molar-refractivity contribution in [3.8, 4) is 28.7 Å². The number of esters is 1. The number of nitrogens with zero attached hydrogens (tertiary/aromatic N) is 1. The van der Waals surface area contributed by atoms with Crippen LogP contribution in [0.3, 0.4) is 0 Å². The summed E-state index contributed by atoms with van der Waals surface area (Å²) in [6, 6.07) is 12.7. The summed E-state index contributed by atoms with van der Waals surface area (Å²) in [5, 5.41) is 32.0. The molecule has 2 heterocycles. The number of hydrogen-bond donors (Lipinski definition) is 3. The largest absolute Gasteiger partial charge is 0.504 e. The van der Waals surface area contributed by atoms with Gasteiger partial charge in [-0.3, -0.25) is 9.78 Å². The fourth-order valence-corrected chi connectivity index (χ4v) is 7.02. The van der Waals surface area contributed by atoms with Crippen molar-refractivity contribution in [2.45, 2.75) is 122 Å². The van der Waals surface area contributed by atoms with E-state index in [0.717, 1.165) is 62.5 Å². The Morgan fingerprint density at radius 2 is 1.79 bits per heavy atom. The molecule has 0 amide bonds. The van der Waals surface area contributed by atoms with E-state index in [1.54, 1.807) is 24.5 Å². The van der Waals surface area contributed by atoms with Crippen LogP contribution in [0, 0.1) is 5.92 Å². The van der Waals surface area contributed by atoms with Gasteiger partial charge >= 0.3 is 5.97 Å². The zero-order valence-electron chi connectivity index (χ0n) is 28.3. The summed E-state index contributed by atoms with van der Waals surface area (Å²) < 4.78 is 24.8. The van der Waals surface area contributed by atoms with E-state index in [0.29, 0.717) is 37.0 Å². The van der Waals surface area contributed by atoms with Gasteiger partial charge in [0, 0.05) is 38.6 Å². The highest BCUT2D eigenvalue weighted by molar-refractivity contribution is 5.66. The van der Waals surface area contributed by atoms with Gasteiger partial charge in [-0.2, -0.15) is 0 Å². The van der Waals surface area contributed by atoms with Crippen molar-refractivity contribution in [2.24, 2.45) is 5.92 Å². The Morgan fingerprint density at radius 3 is 2.54 bits per heavy atom. The number of phenolic OH excluding ortho intramolecular Hbond substituents is 3. The molecule has 2 aliphatic rings. The Kier molecular flexibility index (Phi) is 12.8. The van der Waals surface area contributed by atoms with Gasteiger partial charge in [0.15, 0.2) is 23.0 Å². The van der Waals surface area contributed by atoms with Crippen LogP contribution in [0.25, 0.3) is 0 Å². The zero-order valence-corrected chi connectivity index (χ0v) is 28.3. The number of aromatic hydroxyl groups is 3. The lowest BCUT2D eigenvalue weighted by atomic mass is 9.83. The van der Waals surface area contributed by atoms with Gasteiger partial charge in [-0.25, -0.2) is 0 Å². The molecule has 0 bridgehead atoms. The summed E-state index contributed by atoms with van der Waals surface area (Å²) in [5.74, 6) is -0.0254. The molecule has 1 saturated heterocycles. The Bertz CT molecular complexity index is 1460. The molecule has 2 aromatic carbocycles. The third-order valence-corrected chi connectivity index (χ3v) is 9.54. The summed E-state index contributed by atoms with van der Waals surface area (Å²) in [5.41, 5.74) is 2.69. The molecule has 0 radical (unpaired) electrons. The Hall–Kier alpha value is -3.98. The number of aromatic nitrogens is 1. The lowest BCUT2D eigenvalue weighted by Crippen LogP contribution is -2.39. The molecule has 260 valence electrons. The van der Waals surface area contributed by atoms with Crippen molar-refractivity contribution < 1.29 is 39.1 Å². The van der Waals surface area contributed by atoms with E-state index in [-0.39, 0.29) is 59.8 Å². The van der Waals surface area contributed by atoms with Crippen LogP contribution in [0.1, 0.15) is 107 Å². The van der Waals surface area contributed by atoms with Crippen molar-refractivity contribution in [2.75, 3.05) is 6.61 Å². The molecule has 4 atom stereocenters. The van der Waals surface area contributed by atoms with Gasteiger partial charge in [0.2, 0.25) is 5.75 Å². The van der Waals surface area contributed by atoms with Gasteiger partial charge in [0.25, 0.3) is 0 Å². The monoisotopic (exact) mass is 661 g/mol. The van der Waals surface area contributed by atoms with Gasteiger partial charge < -0.3 is 34.3 Å². The number of ether oxygens (including phenoxy) is 4. The number of phenols is 3. The highest BCUT2D eigenvalue weighted by Crippen LogP contribution is 2.44. The molecule has 2 fully saturated rings. The molecule has 1 saturated carbocycles. The van der Waals surface area contributed by atoms with Crippen molar-refractivity contribution in [1.29, 1.82) is 0 Å². The summed E-state index contributed by atoms with van der Waals surface area (Å²) in [4.78, 5) is 16.3. The molecule has 5 rings (SSSR count). The van der Waals surface area contributed by atoms with Crippen molar-refractivity contribution in [1.82, 2.24) is 4.98 Å². The lowest BCUT2D eigenvalue weighted by Gasteiger charge is -2.39. The summed E-state index contributed by atoms with van der Waals surface area (Å²) in [6.07, 6.45) is 14.4. The SMILES string of the molecule is CCCCCC(Cc1ccc(O)c(OC2CCCCC2)c1)C1CC(OC(C)=O)CC(c2cc(O)c(O)c(OCCc3cccnc3)c2)O1. The van der Waals surface area contributed by atoms with Crippen LogP contribution in [0.5, 0.6) is 28.7 Å². The molecule has 1 aliphatic carbocycles. The Balaban J connectivity index is 1.36. The maximum atomic E-state index is 12.2. The molecule has 0 spiro atoms. The Morgan fingerprint density at radius 1 is 0.958 bits per heavy atom. The lowest BCUT2D eigenvalue weighted by molar-refractivity contribution is -0.165. The molecule has 48 heavy (non-hydrogen) atoms. The second-order valence-electron chi connectivity index (χ2n) is 13.4. The van der Waals surface area contributed by atoms with Gasteiger partial charge in [0.05, 0.1) is 24.9 Å². The van der Waals surface area contributed by atoms with E-state index < -0.39 is 6.10 Å². The van der Waals surface area contributed by atoms with Crippen LogP contribution >= 0.6 is 0 Å². The number of carbonyl (C=O) groups excluding carboxylic acids is 1. The van der Waals surface area contributed by atoms with Gasteiger partial charge in [0.1, 0.15) is 6.10 Å². The molecule has 9 heteroatoms. The fourth-order valence-electron chi connectivity index (χ4n) is 7.02. The predicted molar refractivity (Wildman–Crippen MR) is 183 cm³/mol. The molecule has 1 aliphatic heterocycles. The van der Waals surface area contributed by atoms with Crippen LogP contribution < -0.4 is 9.47 Å². The van der Waals surface area contributed by atoms with E-state index in [4.69, 9.17) is 18.9 Å². The number of carbonyl (C=O) groups is 1. The van der Waals surface area contributed by atoms with Gasteiger partial charge in [-0.15, -0.1) is 0 Å². The van der Waals surface area contributed by atoms with Crippen LogP contribution in [0.4, 0.5) is 0 Å². The molecule has 1 aromatic heterocycles. The first-order chi connectivity index (χ1) is 23.3. The maximum Gasteiger partial charge on any atom is 0.302 e. The highest BCUT2D eigenvalue weighted by Gasteiger charge is 2.37. The van der Waals surface area contributed by atoms with Crippen molar-refractivity contribution >= 4 is 5.97 Å². The van der Waals surface area contributed by atoms with Crippen LogP contribution in [-0.2, 0) is 27.1 Å². The molecular formula is C39H51NO8. The highest BCUT2D eigenvalue weighted by atomic mass is 16.6. The van der Waals surface area contributed by atoms with E-state index in [9.17, 15) is 20.1 Å². The number of unbranched alkanes of at least 4 members (excludes halogenated alkanes) is 2. The minimum absolute atomic E-state index is 0.102. The number of hydrogen-bond acceptors (Lipinski definition) is 9. The van der Waals surface area contributed by atoms with Crippen LogP contribution in [0.15, 0.2) is 54.9 Å². The second-order valence-corrected chi connectivity index (χ2v) is 13.4. The van der Waals surface area contributed by atoms with E-state index >= 15 is 0 Å². The number of benzene rings is 2. The summed E-state index contributed by atoms with van der Waals surface area (Å²) >= 11 is 0. The predicted octanol–water partition coefficient (Wildman–Crippen LogP) is 8.12. The first-order valence-electron chi connectivity index (χ1n) is 17.7. The smallest absolute Gasteiger partial charge is 0.302 e. The molecular weight excluding hydrogens is 610 g/mol. The maximum absolute atomic E-state index is 12.2. The second kappa shape index (κ2) is 17.4. The average Bonchev–Trinajstić information content (AvgIpc) is 3.08. The van der Waals surface area contributed by atoms with E-state index in [2.05, 4.69) is 11.9 Å². The van der Waals surface area contributed by atoms with Crippen LogP contribution in [-0.4, -0.2) is 51.2 Å². The topological polar surface area (TPSA) is 128 Å². The zero-order chi connectivity index (χ0) is 33.9. The van der Waals surface area contributed by atoms with Crippen molar-refractivity contribution in [3.05, 3.63) is 71.5 Å². The number of pyridine rings is 1. The molecule has 3 N–H and O–H groups in total. The first kappa shape index (κ1) is 35.3. The summed E-state index contributed by atoms with van der Waals surface area (Å²) in [6.45, 7) is 3.88. The van der Waals surface area contributed by atoms with Gasteiger partial charge in [-0.1, -0.05) is 44.7 Å². The minimum Gasteiger partial charge on any atom is -0.504 e. The minimum atomic E-state index is -0.501. The molecule has 4 unspecified atom stereocenters. The molecule has 9 nitrogen and oxygen atoms in total. The quantitative estimate of drug-likeness (QED) is 0.0840. The fraction of sp³-hybridized carbons (Fsp3) is 0.538. The van der Waals surface area contributed by atoms with Crippen molar-refractivity contribution in [3.63, 3.8) is 0 Å². The van der Waals surface area contributed by atoms with E-state index in [1.165, 1.54) is 19.4 Å². The third kappa shape index (κ3) is 10.0. The standard InChI is InChI=1S/C39H51NO8/c1-3-4-6-11-29(19-28-14-15-33(42)37(20-28)47-31-12-7-5-8-13-31)35-23-32(46-26(2)41)24-36(48-35)30-21-34(43)39(44)38(22-30)45-18-16-27-10-9-17-40-25-27/h9-10,14-15,17,20-22,25,29,31-32,35-36,42-44H,3-8,11-13,16,18-19,23-24H2,1-2H3. The first-order valence-corrected chi connectivity index (χ1v) is 17.7. The van der Waals surface area contributed by atoms with Gasteiger partial charge in [-0.05, 0) is 91.5 Å². The summed E-state index contributed by atoms with van der Waals surface area (Å²) in [7, 11) is 0. The number of rotatable bonds is 15. The van der Waals surface area contributed by atoms with Crippen LogP contribution in [0.2, 0.25) is 0 Å². The normalized spacial score (nSPS) is 20.6. The average molecular weight is 662 g/mol.